The fraction of sp³-hybridized carbons (Fsp3) is 1.00. The molecule has 0 unspecified atom stereocenters. The van der Waals surface area contributed by atoms with Crippen LogP contribution in [0.2, 0.25) is 0 Å². The van der Waals surface area contributed by atoms with Crippen LogP contribution in [0.4, 0.5) is 0 Å². The molecule has 0 saturated carbocycles. The van der Waals surface area contributed by atoms with E-state index in [1.165, 1.54) is 38.5 Å². The Bertz CT molecular complexity index is 89.0. The third-order valence-corrected chi connectivity index (χ3v) is 2.20. The van der Waals surface area contributed by atoms with E-state index in [2.05, 4.69) is 20.8 Å². The average Bonchev–Trinajstić information content (AvgIpc) is 1.97. The van der Waals surface area contributed by atoms with Crippen molar-refractivity contribution in [3.8, 4) is 0 Å². The highest BCUT2D eigenvalue weighted by molar-refractivity contribution is 4.63. The summed E-state index contributed by atoms with van der Waals surface area (Å²) < 4.78 is 0. The molecule has 0 aromatic rings. The van der Waals surface area contributed by atoms with Crippen molar-refractivity contribution in [2.75, 3.05) is 0 Å². The summed E-state index contributed by atoms with van der Waals surface area (Å²) in [5, 5.41) is 0. The molecule has 1 heteroatoms. The van der Waals surface area contributed by atoms with E-state index in [0.717, 1.165) is 5.92 Å². The van der Waals surface area contributed by atoms with Gasteiger partial charge >= 0.3 is 0 Å². The van der Waals surface area contributed by atoms with Gasteiger partial charge < -0.3 is 5.73 Å². The van der Waals surface area contributed by atoms with Crippen molar-refractivity contribution in [1.29, 1.82) is 0 Å². The third-order valence-electron chi connectivity index (χ3n) is 2.20. The molecule has 0 heterocycles. The van der Waals surface area contributed by atoms with Gasteiger partial charge in [-0.25, -0.2) is 0 Å². The van der Waals surface area contributed by atoms with Crippen LogP contribution in [0.3, 0.4) is 0 Å². The molecule has 12 heavy (non-hydrogen) atoms. The molecule has 0 spiro atoms. The molecule has 0 aliphatic rings. The highest BCUT2D eigenvalue weighted by Gasteiger charge is 2.04. The first kappa shape index (κ1) is 12.0. The van der Waals surface area contributed by atoms with Crippen LogP contribution in [0.5, 0.6) is 0 Å². The summed E-state index contributed by atoms with van der Waals surface area (Å²) in [7, 11) is 0. The number of rotatable bonds is 7. The molecule has 2 N–H and O–H groups in total. The SMILES string of the molecule is CCCCCC[C@@H](N)CC(C)C. The second-order valence-electron chi connectivity index (χ2n) is 4.24. The lowest BCUT2D eigenvalue weighted by molar-refractivity contribution is 0.454. The number of hydrogen-bond acceptors (Lipinski definition) is 1. The highest BCUT2D eigenvalue weighted by atomic mass is 14.6. The Morgan fingerprint density at radius 2 is 1.75 bits per heavy atom. The fourth-order valence-corrected chi connectivity index (χ4v) is 1.56. The second-order valence-corrected chi connectivity index (χ2v) is 4.24. The summed E-state index contributed by atoms with van der Waals surface area (Å²) in [6, 6.07) is 0.446. The molecule has 74 valence electrons. The lowest BCUT2D eigenvalue weighted by Gasteiger charge is -2.13. The fourth-order valence-electron chi connectivity index (χ4n) is 1.56. The van der Waals surface area contributed by atoms with Gasteiger partial charge in [-0.05, 0) is 18.8 Å². The van der Waals surface area contributed by atoms with E-state index in [0.29, 0.717) is 6.04 Å². The average molecular weight is 171 g/mol. The van der Waals surface area contributed by atoms with Crippen LogP contribution >= 0.6 is 0 Å². The normalized spacial score (nSPS) is 13.8. The standard InChI is InChI=1S/C11H25N/c1-4-5-6-7-8-11(12)9-10(2)3/h10-11H,4-9,12H2,1-3H3/t11-/m1/s1. The predicted molar refractivity (Wildman–Crippen MR) is 56.2 cm³/mol. The molecule has 0 bridgehead atoms. The van der Waals surface area contributed by atoms with Gasteiger partial charge in [-0.3, -0.25) is 0 Å². The molecule has 0 rings (SSSR count). The maximum atomic E-state index is 5.96. The van der Waals surface area contributed by atoms with Crippen LogP contribution in [-0.4, -0.2) is 6.04 Å². The van der Waals surface area contributed by atoms with E-state index in [1.54, 1.807) is 0 Å². The molecule has 0 aromatic carbocycles. The van der Waals surface area contributed by atoms with E-state index in [9.17, 15) is 0 Å². The molecule has 1 nitrogen and oxygen atoms in total. The van der Waals surface area contributed by atoms with E-state index >= 15 is 0 Å². The maximum Gasteiger partial charge on any atom is 0.00412 e. The van der Waals surface area contributed by atoms with Gasteiger partial charge in [0.1, 0.15) is 0 Å². The Kier molecular flexibility index (Phi) is 7.58. The van der Waals surface area contributed by atoms with Crippen molar-refractivity contribution in [1.82, 2.24) is 0 Å². The van der Waals surface area contributed by atoms with E-state index in [4.69, 9.17) is 5.73 Å². The highest BCUT2D eigenvalue weighted by Crippen LogP contribution is 2.10. The van der Waals surface area contributed by atoms with Crippen molar-refractivity contribution < 1.29 is 0 Å². The quantitative estimate of drug-likeness (QED) is 0.584. The predicted octanol–water partition coefficient (Wildman–Crippen LogP) is 3.33. The van der Waals surface area contributed by atoms with Crippen molar-refractivity contribution in [3.63, 3.8) is 0 Å². The van der Waals surface area contributed by atoms with Crippen LogP contribution in [0, 0.1) is 5.92 Å². The van der Waals surface area contributed by atoms with E-state index < -0.39 is 0 Å². The van der Waals surface area contributed by atoms with Crippen LogP contribution in [0.15, 0.2) is 0 Å². The largest absolute Gasteiger partial charge is 0.328 e. The summed E-state index contributed by atoms with van der Waals surface area (Å²) >= 11 is 0. The van der Waals surface area contributed by atoms with E-state index in [1.807, 2.05) is 0 Å². The minimum Gasteiger partial charge on any atom is -0.328 e. The number of nitrogens with two attached hydrogens (primary N) is 1. The third kappa shape index (κ3) is 8.06. The second kappa shape index (κ2) is 7.60. The molecule has 1 atom stereocenters. The molecule has 0 aliphatic carbocycles. The van der Waals surface area contributed by atoms with Gasteiger partial charge in [0.15, 0.2) is 0 Å². The molecule has 0 fully saturated rings. The summed E-state index contributed by atoms with van der Waals surface area (Å²) in [5.74, 6) is 0.756. The summed E-state index contributed by atoms with van der Waals surface area (Å²) in [4.78, 5) is 0. The maximum absolute atomic E-state index is 5.96. The van der Waals surface area contributed by atoms with Gasteiger partial charge in [0.05, 0.1) is 0 Å². The Hall–Kier alpha value is -0.0400. The first-order valence-electron chi connectivity index (χ1n) is 5.42. The van der Waals surface area contributed by atoms with Crippen molar-refractivity contribution in [2.24, 2.45) is 11.7 Å². The monoisotopic (exact) mass is 171 g/mol. The van der Waals surface area contributed by atoms with Gasteiger partial charge in [0.25, 0.3) is 0 Å². The molecular formula is C11H25N. The summed E-state index contributed by atoms with van der Waals surface area (Å²) in [6.45, 7) is 6.73. The van der Waals surface area contributed by atoms with Crippen molar-refractivity contribution in [2.45, 2.75) is 65.3 Å². The van der Waals surface area contributed by atoms with E-state index in [-0.39, 0.29) is 0 Å². The Labute approximate surface area is 77.7 Å². The molecule has 0 aromatic heterocycles. The van der Waals surface area contributed by atoms with Crippen LogP contribution in [-0.2, 0) is 0 Å². The molecule has 0 saturated heterocycles. The van der Waals surface area contributed by atoms with Gasteiger partial charge in [-0.2, -0.15) is 0 Å². The lowest BCUT2D eigenvalue weighted by atomic mass is 9.99. The van der Waals surface area contributed by atoms with Gasteiger partial charge in [-0.1, -0.05) is 46.5 Å². The number of unbranched alkanes of at least 4 members (excludes halogenated alkanes) is 3. The van der Waals surface area contributed by atoms with Crippen molar-refractivity contribution >= 4 is 0 Å². The Balaban J connectivity index is 3.14. The van der Waals surface area contributed by atoms with Gasteiger partial charge in [0.2, 0.25) is 0 Å². The summed E-state index contributed by atoms with van der Waals surface area (Å²) in [5.41, 5.74) is 5.96. The van der Waals surface area contributed by atoms with Crippen LogP contribution < -0.4 is 5.73 Å². The summed E-state index contributed by atoms with van der Waals surface area (Å²) in [6.07, 6.45) is 7.78. The van der Waals surface area contributed by atoms with Crippen LogP contribution in [0.1, 0.15) is 59.3 Å². The number of hydrogen-bond donors (Lipinski definition) is 1. The van der Waals surface area contributed by atoms with Gasteiger partial charge in [-0.15, -0.1) is 0 Å². The zero-order valence-electron chi connectivity index (χ0n) is 8.97. The smallest absolute Gasteiger partial charge is 0.00412 e. The van der Waals surface area contributed by atoms with Crippen LogP contribution in [0.25, 0.3) is 0 Å². The molecule has 0 amide bonds. The lowest BCUT2D eigenvalue weighted by Crippen LogP contribution is -2.21. The Morgan fingerprint density at radius 3 is 2.25 bits per heavy atom. The first-order chi connectivity index (χ1) is 5.66. The first-order valence-corrected chi connectivity index (χ1v) is 5.42. The topological polar surface area (TPSA) is 26.0 Å². The Morgan fingerprint density at radius 1 is 1.08 bits per heavy atom. The van der Waals surface area contributed by atoms with Crippen molar-refractivity contribution in [3.05, 3.63) is 0 Å². The molecular weight excluding hydrogens is 146 g/mol. The molecule has 0 aliphatic heterocycles. The molecule has 0 radical (unpaired) electrons. The van der Waals surface area contributed by atoms with Gasteiger partial charge in [0, 0.05) is 6.04 Å². The zero-order chi connectivity index (χ0) is 9.40. The minimum absolute atomic E-state index is 0.446. The zero-order valence-corrected chi connectivity index (χ0v) is 8.97. The minimum atomic E-state index is 0.446.